The molecule has 2 rings (SSSR count). The van der Waals surface area contributed by atoms with Gasteiger partial charge >= 0.3 is 0 Å². The lowest BCUT2D eigenvalue weighted by Gasteiger charge is -2.01. The molecule has 1 aromatic heterocycles. The number of benzene rings is 1. The minimum Gasteiger partial charge on any atom is -0.294 e. The van der Waals surface area contributed by atoms with Gasteiger partial charge in [0.05, 0.1) is 18.3 Å². The average Bonchev–Trinajstić information content (AvgIpc) is 2.76. The fourth-order valence-corrected chi connectivity index (χ4v) is 2.07. The highest BCUT2D eigenvalue weighted by atomic mass is 79.9. The van der Waals surface area contributed by atoms with Gasteiger partial charge in [-0.1, -0.05) is 35.0 Å². The molecule has 0 aliphatic carbocycles. The van der Waals surface area contributed by atoms with Crippen LogP contribution in [0.1, 0.15) is 29.3 Å². The van der Waals surface area contributed by atoms with E-state index in [0.717, 1.165) is 10.0 Å². The highest BCUT2D eigenvalue weighted by Crippen LogP contribution is 2.13. The van der Waals surface area contributed by atoms with Gasteiger partial charge in [0.15, 0.2) is 5.78 Å². The molecule has 1 heterocycles. The number of ketones is 1. The molecule has 88 valence electrons. The minimum absolute atomic E-state index is 0.130. The zero-order valence-corrected chi connectivity index (χ0v) is 11.1. The Kier molecular flexibility index (Phi) is 3.74. The maximum Gasteiger partial charge on any atom is 0.165 e. The van der Waals surface area contributed by atoms with Crippen LogP contribution in [0, 0.1) is 0 Å². The maximum absolute atomic E-state index is 11.5. The zero-order chi connectivity index (χ0) is 12.3. The number of carbonyl (C=O) groups excluding carboxylic acids is 1. The molecule has 0 atom stereocenters. The predicted molar refractivity (Wildman–Crippen MR) is 70.1 cm³/mol. The Hall–Kier alpha value is -1.42. The van der Waals surface area contributed by atoms with Crippen LogP contribution in [-0.4, -0.2) is 15.6 Å². The van der Waals surface area contributed by atoms with Gasteiger partial charge in [-0.15, -0.1) is 0 Å². The quantitative estimate of drug-likeness (QED) is 0.811. The fraction of sp³-hybridized carbons (Fsp3) is 0.231. The van der Waals surface area contributed by atoms with Gasteiger partial charge in [-0.2, -0.15) is 5.10 Å². The Labute approximate surface area is 109 Å². The van der Waals surface area contributed by atoms with E-state index >= 15 is 0 Å². The van der Waals surface area contributed by atoms with E-state index in [1.807, 2.05) is 31.2 Å². The molecule has 0 amide bonds. The molecule has 0 radical (unpaired) electrons. The van der Waals surface area contributed by atoms with Crippen molar-refractivity contribution in [2.24, 2.45) is 0 Å². The third kappa shape index (κ3) is 3.03. The Bertz CT molecular complexity index is 534. The lowest BCUT2D eigenvalue weighted by atomic mass is 10.2. The van der Waals surface area contributed by atoms with Crippen molar-refractivity contribution in [3.8, 4) is 0 Å². The molecule has 1 aromatic carbocycles. The van der Waals surface area contributed by atoms with Crippen LogP contribution in [0.3, 0.4) is 0 Å². The van der Waals surface area contributed by atoms with E-state index in [0.29, 0.717) is 18.5 Å². The molecular formula is C13H13BrN2O. The average molecular weight is 293 g/mol. The van der Waals surface area contributed by atoms with Crippen molar-refractivity contribution < 1.29 is 4.79 Å². The molecule has 3 nitrogen and oxygen atoms in total. The molecule has 4 heteroatoms. The number of hydrogen-bond donors (Lipinski definition) is 0. The summed E-state index contributed by atoms with van der Waals surface area (Å²) in [7, 11) is 0. The van der Waals surface area contributed by atoms with Crippen molar-refractivity contribution in [3.05, 3.63) is 52.3 Å². The molecule has 0 fully saturated rings. The summed E-state index contributed by atoms with van der Waals surface area (Å²) in [5.41, 5.74) is 1.83. The molecule has 0 aliphatic rings. The number of Topliss-reactive ketones (excluding diaryl/α,β-unsaturated/α-hetero) is 1. The van der Waals surface area contributed by atoms with E-state index < -0.39 is 0 Å². The molecule has 0 unspecified atom stereocenters. The summed E-state index contributed by atoms with van der Waals surface area (Å²) in [6, 6.07) is 8.05. The van der Waals surface area contributed by atoms with Gasteiger partial charge in [0, 0.05) is 17.1 Å². The van der Waals surface area contributed by atoms with Crippen LogP contribution in [0.5, 0.6) is 0 Å². The van der Waals surface area contributed by atoms with Gasteiger partial charge < -0.3 is 0 Å². The number of aromatic nitrogens is 2. The molecule has 0 saturated carbocycles. The smallest absolute Gasteiger partial charge is 0.165 e. The topological polar surface area (TPSA) is 34.9 Å². The summed E-state index contributed by atoms with van der Waals surface area (Å²) < 4.78 is 2.83. The first-order chi connectivity index (χ1) is 8.19. The van der Waals surface area contributed by atoms with Gasteiger partial charge in [0.1, 0.15) is 0 Å². The third-order valence-electron chi connectivity index (χ3n) is 2.51. The standard InChI is InChI=1S/C13H13BrN2O/c1-2-13(17)11-7-15-16(9-11)8-10-4-3-5-12(14)6-10/h3-7,9H,2,8H2,1H3. The fourth-order valence-electron chi connectivity index (χ4n) is 1.62. The summed E-state index contributed by atoms with van der Waals surface area (Å²) in [5, 5.41) is 4.19. The molecule has 2 aromatic rings. The summed E-state index contributed by atoms with van der Waals surface area (Å²) in [6.07, 6.45) is 3.94. The second-order valence-corrected chi connectivity index (χ2v) is 4.75. The third-order valence-corrected chi connectivity index (χ3v) is 3.00. The van der Waals surface area contributed by atoms with Gasteiger partial charge in [-0.3, -0.25) is 9.48 Å². The lowest BCUT2D eigenvalue weighted by Crippen LogP contribution is -2.00. The van der Waals surface area contributed by atoms with Crippen LogP contribution in [0.4, 0.5) is 0 Å². The highest BCUT2D eigenvalue weighted by Gasteiger charge is 2.06. The minimum atomic E-state index is 0.130. The zero-order valence-electron chi connectivity index (χ0n) is 9.56. The maximum atomic E-state index is 11.5. The van der Waals surface area contributed by atoms with E-state index in [9.17, 15) is 4.79 Å². The summed E-state index contributed by atoms with van der Waals surface area (Å²) in [4.78, 5) is 11.5. The van der Waals surface area contributed by atoms with Gasteiger partial charge in [0.25, 0.3) is 0 Å². The Morgan fingerprint density at radius 1 is 1.47 bits per heavy atom. The number of carbonyl (C=O) groups is 1. The Morgan fingerprint density at radius 3 is 3.00 bits per heavy atom. The van der Waals surface area contributed by atoms with Crippen LogP contribution in [0.25, 0.3) is 0 Å². The van der Waals surface area contributed by atoms with Gasteiger partial charge in [0.2, 0.25) is 0 Å². The van der Waals surface area contributed by atoms with Crippen molar-refractivity contribution in [3.63, 3.8) is 0 Å². The van der Waals surface area contributed by atoms with Crippen LogP contribution < -0.4 is 0 Å². The summed E-state index contributed by atoms with van der Waals surface area (Å²) >= 11 is 3.43. The van der Waals surface area contributed by atoms with Crippen molar-refractivity contribution in [1.82, 2.24) is 9.78 Å². The van der Waals surface area contributed by atoms with Crippen molar-refractivity contribution in [2.45, 2.75) is 19.9 Å². The van der Waals surface area contributed by atoms with E-state index in [4.69, 9.17) is 0 Å². The summed E-state index contributed by atoms with van der Waals surface area (Å²) in [5.74, 6) is 0.130. The SMILES string of the molecule is CCC(=O)c1cnn(Cc2cccc(Br)c2)c1. The second-order valence-electron chi connectivity index (χ2n) is 3.83. The molecular weight excluding hydrogens is 280 g/mol. The molecule has 0 spiro atoms. The van der Waals surface area contributed by atoms with Crippen LogP contribution in [-0.2, 0) is 6.54 Å². The van der Waals surface area contributed by atoms with Crippen molar-refractivity contribution in [2.75, 3.05) is 0 Å². The van der Waals surface area contributed by atoms with Crippen molar-refractivity contribution in [1.29, 1.82) is 0 Å². The lowest BCUT2D eigenvalue weighted by molar-refractivity contribution is 0.0988. The number of halogens is 1. The van der Waals surface area contributed by atoms with Gasteiger partial charge in [-0.25, -0.2) is 0 Å². The molecule has 17 heavy (non-hydrogen) atoms. The van der Waals surface area contributed by atoms with Crippen LogP contribution in [0.15, 0.2) is 41.1 Å². The number of nitrogens with zero attached hydrogens (tertiary/aromatic N) is 2. The molecule has 0 bridgehead atoms. The summed E-state index contributed by atoms with van der Waals surface area (Å²) in [6.45, 7) is 2.53. The van der Waals surface area contributed by atoms with Crippen LogP contribution in [0.2, 0.25) is 0 Å². The molecule has 0 aliphatic heterocycles. The first-order valence-corrected chi connectivity index (χ1v) is 6.28. The predicted octanol–water partition coefficient (Wildman–Crippen LogP) is 3.29. The molecule has 0 N–H and O–H groups in total. The van der Waals surface area contributed by atoms with E-state index in [-0.39, 0.29) is 5.78 Å². The van der Waals surface area contributed by atoms with Crippen molar-refractivity contribution >= 4 is 21.7 Å². The Morgan fingerprint density at radius 2 is 2.29 bits per heavy atom. The normalized spacial score (nSPS) is 10.5. The monoisotopic (exact) mass is 292 g/mol. The van der Waals surface area contributed by atoms with E-state index in [2.05, 4.69) is 21.0 Å². The largest absolute Gasteiger partial charge is 0.294 e. The number of hydrogen-bond acceptors (Lipinski definition) is 2. The van der Waals surface area contributed by atoms with E-state index in [1.54, 1.807) is 17.1 Å². The van der Waals surface area contributed by atoms with Gasteiger partial charge in [-0.05, 0) is 17.7 Å². The van der Waals surface area contributed by atoms with E-state index in [1.165, 1.54) is 0 Å². The number of rotatable bonds is 4. The molecule has 0 saturated heterocycles. The first-order valence-electron chi connectivity index (χ1n) is 5.49. The van der Waals surface area contributed by atoms with Crippen LogP contribution >= 0.6 is 15.9 Å². The highest BCUT2D eigenvalue weighted by molar-refractivity contribution is 9.10. The Balaban J connectivity index is 2.14. The second kappa shape index (κ2) is 5.27. The first kappa shape index (κ1) is 12.0.